The minimum atomic E-state index is 0.178. The van der Waals surface area contributed by atoms with E-state index in [9.17, 15) is 4.79 Å². The zero-order valence-corrected chi connectivity index (χ0v) is 7.75. The van der Waals surface area contributed by atoms with E-state index in [1.165, 1.54) is 0 Å². The highest BCUT2D eigenvalue weighted by molar-refractivity contribution is 5.76. The van der Waals surface area contributed by atoms with E-state index >= 15 is 0 Å². The molecule has 0 spiro atoms. The molecule has 68 valence electrons. The van der Waals surface area contributed by atoms with Gasteiger partial charge in [-0.3, -0.25) is 4.79 Å². The third-order valence-electron chi connectivity index (χ3n) is 1.65. The highest BCUT2D eigenvalue weighted by Crippen LogP contribution is 1.98. The Morgan fingerprint density at radius 1 is 1.42 bits per heavy atom. The molecule has 12 heavy (non-hydrogen) atoms. The topological polar surface area (TPSA) is 20.3 Å². The molecular formula is C10H17NO. The summed E-state index contributed by atoms with van der Waals surface area (Å²) >= 11 is 0. The second kappa shape index (κ2) is 6.65. The van der Waals surface area contributed by atoms with E-state index < -0.39 is 0 Å². The van der Waals surface area contributed by atoms with Crippen molar-refractivity contribution in [2.75, 3.05) is 13.1 Å². The molecule has 0 saturated heterocycles. The van der Waals surface area contributed by atoms with Gasteiger partial charge in [0.05, 0.1) is 0 Å². The lowest BCUT2D eigenvalue weighted by Crippen LogP contribution is -2.30. The van der Waals surface area contributed by atoms with Crippen molar-refractivity contribution in [2.45, 2.75) is 19.8 Å². The predicted molar refractivity (Wildman–Crippen MR) is 51.9 cm³/mol. The van der Waals surface area contributed by atoms with Crippen LogP contribution in [0.3, 0.4) is 0 Å². The Kier molecular flexibility index (Phi) is 6.07. The zero-order valence-electron chi connectivity index (χ0n) is 7.75. The first-order valence-corrected chi connectivity index (χ1v) is 4.25. The van der Waals surface area contributed by atoms with E-state index in [2.05, 4.69) is 13.2 Å². The number of rotatable bonds is 6. The number of nitrogens with zero attached hydrogens (tertiary/aromatic N) is 1. The Morgan fingerprint density at radius 3 is 2.50 bits per heavy atom. The van der Waals surface area contributed by atoms with E-state index in [-0.39, 0.29) is 5.91 Å². The fraction of sp³-hybridized carbons (Fsp3) is 0.500. The molecule has 2 heteroatoms. The number of amides is 1. The average molecular weight is 167 g/mol. The van der Waals surface area contributed by atoms with Gasteiger partial charge in [-0.25, -0.2) is 0 Å². The van der Waals surface area contributed by atoms with Crippen LogP contribution in [-0.4, -0.2) is 23.9 Å². The molecule has 0 unspecified atom stereocenters. The highest BCUT2D eigenvalue weighted by atomic mass is 16.2. The van der Waals surface area contributed by atoms with Gasteiger partial charge in [-0.2, -0.15) is 0 Å². The van der Waals surface area contributed by atoms with Gasteiger partial charge in [0.2, 0.25) is 5.91 Å². The van der Waals surface area contributed by atoms with Gasteiger partial charge in [-0.15, -0.1) is 13.2 Å². The Bertz CT molecular complexity index is 163. The summed E-state index contributed by atoms with van der Waals surface area (Å²) in [6.45, 7) is 10.5. The summed E-state index contributed by atoms with van der Waals surface area (Å²) in [5.74, 6) is 0.178. The van der Waals surface area contributed by atoms with Crippen molar-refractivity contribution in [3.05, 3.63) is 25.3 Å². The molecule has 0 aliphatic carbocycles. The first-order valence-electron chi connectivity index (χ1n) is 4.25. The van der Waals surface area contributed by atoms with Crippen LogP contribution in [0.25, 0.3) is 0 Å². The minimum Gasteiger partial charge on any atom is -0.339 e. The second-order valence-corrected chi connectivity index (χ2v) is 2.55. The number of allylic oxidation sites excluding steroid dienone is 1. The van der Waals surface area contributed by atoms with Gasteiger partial charge in [0, 0.05) is 19.5 Å². The van der Waals surface area contributed by atoms with Gasteiger partial charge in [0.15, 0.2) is 0 Å². The molecule has 0 N–H and O–H groups in total. The summed E-state index contributed by atoms with van der Waals surface area (Å²) in [7, 11) is 0. The number of carbonyl (C=O) groups excluding carboxylic acids is 1. The normalized spacial score (nSPS) is 9.08. The van der Waals surface area contributed by atoms with Crippen LogP contribution < -0.4 is 0 Å². The molecule has 0 radical (unpaired) electrons. The number of hydrogen-bond acceptors (Lipinski definition) is 1. The lowest BCUT2D eigenvalue weighted by molar-refractivity contribution is -0.130. The average Bonchev–Trinajstić information content (AvgIpc) is 2.10. The van der Waals surface area contributed by atoms with Crippen LogP contribution in [0.5, 0.6) is 0 Å². The Hall–Kier alpha value is -1.05. The first kappa shape index (κ1) is 11.0. The third kappa shape index (κ3) is 3.96. The van der Waals surface area contributed by atoms with Crippen LogP contribution in [0.1, 0.15) is 19.8 Å². The van der Waals surface area contributed by atoms with Crippen LogP contribution in [0.4, 0.5) is 0 Å². The van der Waals surface area contributed by atoms with Gasteiger partial charge in [-0.05, 0) is 13.3 Å². The SMILES string of the molecule is C=CCCC(=O)N(CC)CC=C. The van der Waals surface area contributed by atoms with Crippen molar-refractivity contribution in [1.82, 2.24) is 4.90 Å². The Morgan fingerprint density at radius 2 is 2.08 bits per heavy atom. The highest BCUT2D eigenvalue weighted by Gasteiger charge is 2.07. The molecule has 0 aromatic rings. The summed E-state index contributed by atoms with van der Waals surface area (Å²) < 4.78 is 0. The van der Waals surface area contributed by atoms with E-state index in [1.807, 2.05) is 6.92 Å². The number of carbonyl (C=O) groups is 1. The summed E-state index contributed by atoms with van der Waals surface area (Å²) in [4.78, 5) is 13.1. The summed E-state index contributed by atoms with van der Waals surface area (Å²) in [6, 6.07) is 0. The lowest BCUT2D eigenvalue weighted by atomic mass is 10.2. The molecule has 2 nitrogen and oxygen atoms in total. The second-order valence-electron chi connectivity index (χ2n) is 2.55. The van der Waals surface area contributed by atoms with Crippen LogP contribution in [0, 0.1) is 0 Å². The Balaban J connectivity index is 3.84. The molecule has 0 bridgehead atoms. The Labute approximate surface area is 74.6 Å². The molecule has 0 aromatic heterocycles. The number of likely N-dealkylation sites (N-methyl/N-ethyl adjacent to an activating group) is 1. The minimum absolute atomic E-state index is 0.178. The largest absolute Gasteiger partial charge is 0.339 e. The summed E-state index contributed by atoms with van der Waals surface area (Å²) in [6.07, 6.45) is 4.83. The molecule has 0 saturated carbocycles. The standard InChI is InChI=1S/C10H17NO/c1-4-7-8-10(12)11(6-3)9-5-2/h4-5H,1-2,6-9H2,3H3. The predicted octanol–water partition coefficient (Wildman–Crippen LogP) is 1.99. The lowest BCUT2D eigenvalue weighted by Gasteiger charge is -2.18. The van der Waals surface area contributed by atoms with Crippen LogP contribution in [0.15, 0.2) is 25.3 Å². The van der Waals surface area contributed by atoms with Gasteiger partial charge in [-0.1, -0.05) is 12.2 Å². The molecule has 1 amide bonds. The molecule has 0 aromatic carbocycles. The quantitative estimate of drug-likeness (QED) is 0.554. The van der Waals surface area contributed by atoms with E-state index in [4.69, 9.17) is 0 Å². The maximum atomic E-state index is 11.4. The third-order valence-corrected chi connectivity index (χ3v) is 1.65. The van der Waals surface area contributed by atoms with E-state index in [0.29, 0.717) is 13.0 Å². The van der Waals surface area contributed by atoms with Crippen molar-refractivity contribution < 1.29 is 4.79 Å². The van der Waals surface area contributed by atoms with E-state index in [0.717, 1.165) is 13.0 Å². The summed E-state index contributed by atoms with van der Waals surface area (Å²) in [5, 5.41) is 0. The fourth-order valence-electron chi connectivity index (χ4n) is 0.947. The zero-order chi connectivity index (χ0) is 9.40. The van der Waals surface area contributed by atoms with Gasteiger partial charge in [0.25, 0.3) is 0 Å². The van der Waals surface area contributed by atoms with Crippen molar-refractivity contribution in [3.63, 3.8) is 0 Å². The number of hydrogen-bond donors (Lipinski definition) is 0. The van der Waals surface area contributed by atoms with Crippen molar-refractivity contribution in [2.24, 2.45) is 0 Å². The van der Waals surface area contributed by atoms with Gasteiger partial charge < -0.3 is 4.90 Å². The molecule has 0 aliphatic rings. The van der Waals surface area contributed by atoms with Gasteiger partial charge >= 0.3 is 0 Å². The molecule has 0 heterocycles. The smallest absolute Gasteiger partial charge is 0.223 e. The van der Waals surface area contributed by atoms with Crippen molar-refractivity contribution in [3.8, 4) is 0 Å². The summed E-state index contributed by atoms with van der Waals surface area (Å²) in [5.41, 5.74) is 0. The van der Waals surface area contributed by atoms with Crippen LogP contribution in [0.2, 0.25) is 0 Å². The van der Waals surface area contributed by atoms with E-state index in [1.54, 1.807) is 17.1 Å². The molecule has 0 rings (SSSR count). The maximum Gasteiger partial charge on any atom is 0.223 e. The molecular weight excluding hydrogens is 150 g/mol. The van der Waals surface area contributed by atoms with Crippen LogP contribution in [-0.2, 0) is 4.79 Å². The van der Waals surface area contributed by atoms with Crippen LogP contribution >= 0.6 is 0 Å². The first-order chi connectivity index (χ1) is 5.76. The molecule has 0 aliphatic heterocycles. The monoisotopic (exact) mass is 167 g/mol. The van der Waals surface area contributed by atoms with Gasteiger partial charge in [0.1, 0.15) is 0 Å². The van der Waals surface area contributed by atoms with Crippen molar-refractivity contribution >= 4 is 5.91 Å². The molecule has 0 atom stereocenters. The molecule has 0 fully saturated rings. The fourth-order valence-corrected chi connectivity index (χ4v) is 0.947. The maximum absolute atomic E-state index is 11.4. The van der Waals surface area contributed by atoms with Crippen molar-refractivity contribution in [1.29, 1.82) is 0 Å².